The van der Waals surface area contributed by atoms with Gasteiger partial charge in [-0.25, -0.2) is 8.78 Å². The molecular weight excluding hydrogens is 572 g/mol. The molecule has 4 aliphatic carbocycles. The Hall–Kier alpha value is -3.74. The molecule has 0 aromatic heterocycles. The van der Waals surface area contributed by atoms with E-state index in [9.17, 15) is 14.7 Å². The molecule has 1 amide bonds. The topological polar surface area (TPSA) is 75.6 Å². The highest BCUT2D eigenvalue weighted by Crippen LogP contribution is 2.66. The molecule has 7 heteroatoms. The summed E-state index contributed by atoms with van der Waals surface area (Å²) < 4.78 is 36.5. The minimum Gasteiger partial charge on any atom is -0.493 e. The van der Waals surface area contributed by atoms with Gasteiger partial charge in [0.05, 0.1) is 18.1 Å². The SMILES string of the molecule is CCCOc1cc(F)c(CC(CCCc2ccccc2)C(=O)O)cc1CNC(=O)c1ccc(C23CC4CC(CC2C4)C3)cc1F. The Morgan fingerprint density at radius 1 is 0.978 bits per heavy atom. The lowest BCUT2D eigenvalue weighted by molar-refractivity contribution is -0.142. The third-order valence-corrected chi connectivity index (χ3v) is 10.6. The second kappa shape index (κ2) is 13.3. The van der Waals surface area contributed by atoms with Crippen LogP contribution in [0, 0.1) is 35.3 Å². The van der Waals surface area contributed by atoms with E-state index in [0.717, 1.165) is 42.2 Å². The molecule has 0 radical (unpaired) electrons. The molecule has 45 heavy (non-hydrogen) atoms. The molecule has 5 nitrogen and oxygen atoms in total. The first-order valence-electron chi connectivity index (χ1n) is 16.5. The highest BCUT2D eigenvalue weighted by molar-refractivity contribution is 5.94. The highest BCUT2D eigenvalue weighted by Gasteiger charge is 2.58. The van der Waals surface area contributed by atoms with E-state index in [1.165, 1.54) is 25.3 Å². The fourth-order valence-corrected chi connectivity index (χ4v) is 8.61. The molecule has 0 spiro atoms. The monoisotopic (exact) mass is 615 g/mol. The van der Waals surface area contributed by atoms with Crippen molar-refractivity contribution in [1.82, 2.24) is 5.32 Å². The fraction of sp³-hybridized carbons (Fsp3) is 0.474. The Labute approximate surface area is 264 Å². The zero-order chi connectivity index (χ0) is 31.6. The molecule has 2 N–H and O–H groups in total. The number of carboxylic acid groups (broad SMARTS) is 1. The Morgan fingerprint density at radius 2 is 1.73 bits per heavy atom. The molecule has 4 bridgehead atoms. The molecule has 4 saturated carbocycles. The summed E-state index contributed by atoms with van der Waals surface area (Å²) in [6.45, 7) is 2.29. The third kappa shape index (κ3) is 6.63. The number of halogens is 2. The number of carbonyl (C=O) groups excluding carboxylic acids is 1. The van der Waals surface area contributed by atoms with Gasteiger partial charge in [-0.3, -0.25) is 9.59 Å². The second-order valence-electron chi connectivity index (χ2n) is 13.6. The number of aryl methyl sites for hydroxylation is 1. The fourth-order valence-electron chi connectivity index (χ4n) is 8.61. The largest absolute Gasteiger partial charge is 0.493 e. The molecule has 3 unspecified atom stereocenters. The van der Waals surface area contributed by atoms with Gasteiger partial charge in [0.2, 0.25) is 0 Å². The van der Waals surface area contributed by atoms with Crippen LogP contribution in [0.1, 0.15) is 90.9 Å². The molecule has 0 saturated heterocycles. The summed E-state index contributed by atoms with van der Waals surface area (Å²) in [5.74, 6) is -0.933. The number of aliphatic carboxylic acids is 1. The van der Waals surface area contributed by atoms with Gasteiger partial charge in [0, 0.05) is 18.2 Å². The van der Waals surface area contributed by atoms with Crippen LogP contribution in [0.25, 0.3) is 0 Å². The molecule has 0 heterocycles. The number of carboxylic acids is 1. The standard InChI is InChI=1S/C38H43F2NO4/c1-2-13-45-35-20-33(39)28(17-27(37(43)44)10-6-9-24-7-4-3-5-8-24)18-29(35)23-41-36(42)32-12-11-30(19-34(32)40)38-21-25-14-26(22-38)16-31(38)15-25/h3-5,7-8,11-12,18-20,25-27,31H,2,6,9-10,13-17,21-23H2,1H3,(H,41,42)(H,43,44). The minimum atomic E-state index is -0.972. The zero-order valence-electron chi connectivity index (χ0n) is 26.0. The van der Waals surface area contributed by atoms with Gasteiger partial charge in [-0.2, -0.15) is 0 Å². The number of ether oxygens (including phenoxy) is 1. The predicted molar refractivity (Wildman–Crippen MR) is 169 cm³/mol. The summed E-state index contributed by atoms with van der Waals surface area (Å²) >= 11 is 0. The summed E-state index contributed by atoms with van der Waals surface area (Å²) in [7, 11) is 0. The van der Waals surface area contributed by atoms with Crippen LogP contribution in [-0.4, -0.2) is 23.6 Å². The van der Waals surface area contributed by atoms with Crippen molar-refractivity contribution in [2.24, 2.45) is 23.7 Å². The highest BCUT2D eigenvalue weighted by atomic mass is 19.1. The molecule has 3 aromatic carbocycles. The first-order chi connectivity index (χ1) is 21.8. The van der Waals surface area contributed by atoms with Crippen molar-refractivity contribution >= 4 is 11.9 Å². The van der Waals surface area contributed by atoms with Crippen LogP contribution in [-0.2, 0) is 29.6 Å². The summed E-state index contributed by atoms with van der Waals surface area (Å²) in [5, 5.41) is 12.7. The van der Waals surface area contributed by atoms with Crippen molar-refractivity contribution < 1.29 is 28.2 Å². The smallest absolute Gasteiger partial charge is 0.306 e. The maximum atomic E-state index is 15.4. The number of carbonyl (C=O) groups is 2. The van der Waals surface area contributed by atoms with Crippen molar-refractivity contribution in [2.45, 2.75) is 83.1 Å². The minimum absolute atomic E-state index is 0.00648. The lowest BCUT2D eigenvalue weighted by Gasteiger charge is -2.33. The van der Waals surface area contributed by atoms with Crippen LogP contribution in [0.3, 0.4) is 0 Å². The predicted octanol–water partition coefficient (Wildman–Crippen LogP) is 8.03. The number of hydrogen-bond donors (Lipinski definition) is 2. The maximum Gasteiger partial charge on any atom is 0.306 e. The summed E-state index contributed by atoms with van der Waals surface area (Å²) in [6.07, 6.45) is 8.58. The van der Waals surface area contributed by atoms with Gasteiger partial charge in [0.15, 0.2) is 0 Å². The summed E-state index contributed by atoms with van der Waals surface area (Å²) in [6, 6.07) is 17.8. The van der Waals surface area contributed by atoms with E-state index in [1.54, 1.807) is 18.2 Å². The van der Waals surface area contributed by atoms with Crippen molar-refractivity contribution in [3.05, 3.63) is 100 Å². The zero-order valence-corrected chi connectivity index (χ0v) is 26.0. The molecule has 4 aliphatic rings. The number of nitrogens with one attached hydrogen (secondary N) is 1. The Morgan fingerprint density at radius 3 is 2.42 bits per heavy atom. The van der Waals surface area contributed by atoms with E-state index in [-0.39, 0.29) is 35.3 Å². The number of benzene rings is 3. The molecule has 3 atom stereocenters. The average Bonchev–Trinajstić information content (AvgIpc) is 3.43. The quantitative estimate of drug-likeness (QED) is 0.193. The molecule has 0 aliphatic heterocycles. The second-order valence-corrected chi connectivity index (χ2v) is 13.6. The first kappa shape index (κ1) is 31.3. The van der Waals surface area contributed by atoms with Crippen LogP contribution in [0.15, 0.2) is 60.7 Å². The molecule has 238 valence electrons. The Balaban J connectivity index is 1.14. The molecule has 3 aromatic rings. The number of rotatable bonds is 14. The Bertz CT molecular complexity index is 1530. The van der Waals surface area contributed by atoms with Crippen LogP contribution in [0.4, 0.5) is 8.78 Å². The van der Waals surface area contributed by atoms with Gasteiger partial charge in [0.1, 0.15) is 17.4 Å². The molecule has 4 fully saturated rings. The van der Waals surface area contributed by atoms with Crippen molar-refractivity contribution in [3.8, 4) is 5.75 Å². The van der Waals surface area contributed by atoms with Gasteiger partial charge in [-0.05, 0) is 122 Å². The van der Waals surface area contributed by atoms with Crippen molar-refractivity contribution in [3.63, 3.8) is 0 Å². The summed E-state index contributed by atoms with van der Waals surface area (Å²) in [5.41, 5.74) is 2.99. The van der Waals surface area contributed by atoms with Gasteiger partial charge < -0.3 is 15.2 Å². The number of hydrogen-bond acceptors (Lipinski definition) is 3. The van der Waals surface area contributed by atoms with E-state index in [2.05, 4.69) is 5.32 Å². The van der Waals surface area contributed by atoms with Gasteiger partial charge >= 0.3 is 5.97 Å². The van der Waals surface area contributed by atoms with E-state index in [4.69, 9.17) is 4.74 Å². The molecular formula is C38H43F2NO4. The molecule has 7 rings (SSSR count). The van der Waals surface area contributed by atoms with Crippen molar-refractivity contribution in [1.29, 1.82) is 0 Å². The first-order valence-corrected chi connectivity index (χ1v) is 16.5. The third-order valence-electron chi connectivity index (χ3n) is 10.6. The lowest BCUT2D eigenvalue weighted by Crippen LogP contribution is -2.29. The Kier molecular flexibility index (Phi) is 9.25. The van der Waals surface area contributed by atoms with E-state index in [1.807, 2.05) is 43.3 Å². The van der Waals surface area contributed by atoms with Gasteiger partial charge in [-0.1, -0.05) is 43.3 Å². The normalized spacial score (nSPS) is 23.7. The average molecular weight is 616 g/mol. The van der Waals surface area contributed by atoms with E-state index >= 15 is 8.78 Å². The van der Waals surface area contributed by atoms with E-state index < -0.39 is 29.4 Å². The lowest BCUT2D eigenvalue weighted by atomic mass is 9.71. The van der Waals surface area contributed by atoms with Crippen LogP contribution < -0.4 is 10.1 Å². The van der Waals surface area contributed by atoms with E-state index in [0.29, 0.717) is 37.4 Å². The van der Waals surface area contributed by atoms with Gasteiger partial charge in [-0.15, -0.1) is 0 Å². The van der Waals surface area contributed by atoms with Crippen molar-refractivity contribution in [2.75, 3.05) is 6.61 Å². The maximum absolute atomic E-state index is 15.4. The number of amides is 1. The van der Waals surface area contributed by atoms with Crippen LogP contribution >= 0.6 is 0 Å². The van der Waals surface area contributed by atoms with Crippen LogP contribution in [0.5, 0.6) is 5.75 Å². The summed E-state index contributed by atoms with van der Waals surface area (Å²) in [4.78, 5) is 25.3. The van der Waals surface area contributed by atoms with Crippen LogP contribution in [0.2, 0.25) is 0 Å². The van der Waals surface area contributed by atoms with Gasteiger partial charge in [0.25, 0.3) is 5.91 Å².